The van der Waals surface area contributed by atoms with Crippen LogP contribution in [0.25, 0.3) is 0 Å². The maximum atomic E-state index is 13.4. The normalized spacial score (nSPS) is 12.0. The first-order valence-electron chi connectivity index (χ1n) is 6.39. The summed E-state index contributed by atoms with van der Waals surface area (Å²) in [5.41, 5.74) is 1.16. The fraction of sp³-hybridized carbons (Fsp3) is 0.250. The number of methoxy groups -OCH3 is 2. The van der Waals surface area contributed by atoms with Crippen molar-refractivity contribution in [3.05, 3.63) is 58.4 Å². The summed E-state index contributed by atoms with van der Waals surface area (Å²) in [7, 11) is 3.07. The third kappa shape index (κ3) is 3.65. The predicted octanol–water partition coefficient (Wildman–Crippen LogP) is 3.77. The van der Waals surface area contributed by atoms with E-state index in [0.29, 0.717) is 22.6 Å². The highest BCUT2D eigenvalue weighted by Gasteiger charge is 2.15. The van der Waals surface area contributed by atoms with Crippen LogP contribution in [0.4, 0.5) is 4.39 Å². The molecule has 3 nitrogen and oxygen atoms in total. The maximum absolute atomic E-state index is 13.4. The summed E-state index contributed by atoms with van der Waals surface area (Å²) < 4.78 is 23.7. The first kappa shape index (κ1) is 15.6. The fourth-order valence-electron chi connectivity index (χ4n) is 2.05. The number of ether oxygens (including phenoxy) is 2. The van der Waals surface area contributed by atoms with Crippen LogP contribution >= 0.6 is 11.6 Å². The Kier molecular flexibility index (Phi) is 5.04. The number of aliphatic hydroxyl groups excluding tert-OH is 1. The van der Waals surface area contributed by atoms with Crippen molar-refractivity contribution in [1.29, 1.82) is 0 Å². The van der Waals surface area contributed by atoms with Crippen LogP contribution in [0.2, 0.25) is 5.02 Å². The van der Waals surface area contributed by atoms with Gasteiger partial charge >= 0.3 is 0 Å². The molecule has 0 aromatic heterocycles. The van der Waals surface area contributed by atoms with Gasteiger partial charge in [0.2, 0.25) is 0 Å². The monoisotopic (exact) mass is 310 g/mol. The van der Waals surface area contributed by atoms with Gasteiger partial charge in [-0.05, 0) is 29.3 Å². The Labute approximate surface area is 127 Å². The summed E-state index contributed by atoms with van der Waals surface area (Å²) in [5.74, 6) is 0.659. The summed E-state index contributed by atoms with van der Waals surface area (Å²) in [5, 5.41) is 10.4. The lowest BCUT2D eigenvalue weighted by molar-refractivity contribution is 0.177. The highest BCUT2D eigenvalue weighted by atomic mass is 35.5. The molecule has 2 aromatic rings. The van der Waals surface area contributed by atoms with E-state index in [0.717, 1.165) is 0 Å². The molecule has 0 saturated carbocycles. The molecule has 0 aliphatic carbocycles. The number of hydrogen-bond acceptors (Lipinski definition) is 3. The Morgan fingerprint density at radius 1 is 1.14 bits per heavy atom. The lowest BCUT2D eigenvalue weighted by Gasteiger charge is -2.15. The lowest BCUT2D eigenvalue weighted by atomic mass is 10.0. The van der Waals surface area contributed by atoms with Crippen molar-refractivity contribution in [3.8, 4) is 11.5 Å². The minimum atomic E-state index is -0.840. The molecule has 0 amide bonds. The molecule has 0 spiro atoms. The number of halogens is 2. The predicted molar refractivity (Wildman–Crippen MR) is 79.6 cm³/mol. The Balaban J connectivity index is 2.27. The Hall–Kier alpha value is -1.78. The number of rotatable bonds is 5. The average molecular weight is 311 g/mol. The van der Waals surface area contributed by atoms with Crippen LogP contribution in [0.1, 0.15) is 17.2 Å². The summed E-state index contributed by atoms with van der Waals surface area (Å²) in [6, 6.07) is 9.67. The van der Waals surface area contributed by atoms with E-state index < -0.39 is 11.9 Å². The summed E-state index contributed by atoms with van der Waals surface area (Å²) >= 11 is 5.91. The number of aliphatic hydroxyl groups is 1. The fourth-order valence-corrected chi connectivity index (χ4v) is 2.26. The van der Waals surface area contributed by atoms with Crippen LogP contribution < -0.4 is 9.47 Å². The van der Waals surface area contributed by atoms with Crippen molar-refractivity contribution in [3.63, 3.8) is 0 Å². The zero-order valence-corrected chi connectivity index (χ0v) is 12.5. The molecule has 0 radical (unpaired) electrons. The number of benzene rings is 2. The number of hydrogen-bond donors (Lipinski definition) is 1. The van der Waals surface area contributed by atoms with Crippen LogP contribution in [-0.4, -0.2) is 19.3 Å². The first-order valence-corrected chi connectivity index (χ1v) is 6.77. The third-order valence-electron chi connectivity index (χ3n) is 3.20. The standard InChI is InChI=1S/C16H16ClFO3/c1-20-12-6-11(7-13(9-12)21-2)15(19)8-10-4-3-5-14(18)16(10)17/h3-7,9,15,19H,8H2,1-2H3. The van der Waals surface area contributed by atoms with Gasteiger partial charge in [0.15, 0.2) is 0 Å². The Morgan fingerprint density at radius 3 is 2.33 bits per heavy atom. The zero-order chi connectivity index (χ0) is 15.4. The SMILES string of the molecule is COc1cc(OC)cc(C(O)Cc2cccc(F)c2Cl)c1. The lowest BCUT2D eigenvalue weighted by Crippen LogP contribution is -2.04. The second-order valence-corrected chi connectivity index (χ2v) is 4.96. The molecule has 112 valence electrons. The van der Waals surface area contributed by atoms with Crippen molar-refractivity contribution >= 4 is 11.6 Å². The van der Waals surface area contributed by atoms with Crippen molar-refractivity contribution in [2.75, 3.05) is 14.2 Å². The second kappa shape index (κ2) is 6.78. The van der Waals surface area contributed by atoms with Crippen LogP contribution in [-0.2, 0) is 6.42 Å². The second-order valence-electron chi connectivity index (χ2n) is 4.58. The van der Waals surface area contributed by atoms with Gasteiger partial charge in [0.05, 0.1) is 25.3 Å². The van der Waals surface area contributed by atoms with Gasteiger partial charge in [-0.1, -0.05) is 23.7 Å². The van der Waals surface area contributed by atoms with E-state index in [1.807, 2.05) is 0 Å². The topological polar surface area (TPSA) is 38.7 Å². The van der Waals surface area contributed by atoms with Crippen LogP contribution in [0.5, 0.6) is 11.5 Å². The van der Waals surface area contributed by atoms with E-state index in [1.165, 1.54) is 20.3 Å². The molecule has 21 heavy (non-hydrogen) atoms. The molecule has 5 heteroatoms. The molecule has 2 rings (SSSR count). The summed E-state index contributed by atoms with van der Waals surface area (Å²) in [6.07, 6.45) is -0.638. The van der Waals surface area contributed by atoms with Gasteiger partial charge in [-0.15, -0.1) is 0 Å². The van der Waals surface area contributed by atoms with Crippen LogP contribution in [0, 0.1) is 5.82 Å². The first-order chi connectivity index (χ1) is 10.0. The maximum Gasteiger partial charge on any atom is 0.142 e. The molecule has 0 saturated heterocycles. The Morgan fingerprint density at radius 2 is 1.76 bits per heavy atom. The largest absolute Gasteiger partial charge is 0.497 e. The van der Waals surface area contributed by atoms with Gasteiger partial charge in [0.1, 0.15) is 17.3 Å². The minimum Gasteiger partial charge on any atom is -0.497 e. The van der Waals surface area contributed by atoms with Gasteiger partial charge in [0.25, 0.3) is 0 Å². The third-order valence-corrected chi connectivity index (χ3v) is 3.63. The molecule has 2 aromatic carbocycles. The molecular formula is C16H16ClFO3. The van der Waals surface area contributed by atoms with Crippen molar-refractivity contribution in [2.24, 2.45) is 0 Å². The van der Waals surface area contributed by atoms with Gasteiger partial charge in [0, 0.05) is 12.5 Å². The van der Waals surface area contributed by atoms with Gasteiger partial charge in [-0.2, -0.15) is 0 Å². The molecule has 1 unspecified atom stereocenters. The van der Waals surface area contributed by atoms with Crippen LogP contribution in [0.15, 0.2) is 36.4 Å². The molecule has 1 N–H and O–H groups in total. The molecule has 0 aliphatic rings. The molecular weight excluding hydrogens is 295 g/mol. The van der Waals surface area contributed by atoms with Crippen molar-refractivity contribution in [2.45, 2.75) is 12.5 Å². The van der Waals surface area contributed by atoms with Gasteiger partial charge in [-0.3, -0.25) is 0 Å². The highest BCUT2D eigenvalue weighted by molar-refractivity contribution is 6.31. The average Bonchev–Trinajstić information content (AvgIpc) is 2.51. The molecule has 1 atom stereocenters. The van der Waals surface area contributed by atoms with Crippen LogP contribution in [0.3, 0.4) is 0 Å². The molecule has 0 bridgehead atoms. The van der Waals surface area contributed by atoms with E-state index >= 15 is 0 Å². The highest BCUT2D eigenvalue weighted by Crippen LogP contribution is 2.30. The quantitative estimate of drug-likeness (QED) is 0.913. The Bertz CT molecular complexity index is 609. The smallest absolute Gasteiger partial charge is 0.142 e. The molecule has 0 aliphatic heterocycles. The zero-order valence-electron chi connectivity index (χ0n) is 11.8. The summed E-state index contributed by atoms with van der Waals surface area (Å²) in [4.78, 5) is 0. The van der Waals surface area contributed by atoms with E-state index in [-0.39, 0.29) is 11.4 Å². The molecule has 0 fully saturated rings. The molecule has 0 heterocycles. The van der Waals surface area contributed by atoms with Gasteiger partial charge < -0.3 is 14.6 Å². The van der Waals surface area contributed by atoms with Gasteiger partial charge in [-0.25, -0.2) is 4.39 Å². The van der Waals surface area contributed by atoms with E-state index in [9.17, 15) is 9.50 Å². The minimum absolute atomic E-state index is 0.0337. The summed E-state index contributed by atoms with van der Waals surface area (Å²) in [6.45, 7) is 0. The van der Waals surface area contributed by atoms with E-state index in [1.54, 1.807) is 30.3 Å². The van der Waals surface area contributed by atoms with Crippen molar-refractivity contribution < 1.29 is 19.0 Å². The van der Waals surface area contributed by atoms with E-state index in [2.05, 4.69) is 0 Å². The van der Waals surface area contributed by atoms with E-state index in [4.69, 9.17) is 21.1 Å². The van der Waals surface area contributed by atoms with Crippen molar-refractivity contribution in [1.82, 2.24) is 0 Å².